The van der Waals surface area contributed by atoms with Crippen LogP contribution in [0.2, 0.25) is 0 Å². The summed E-state index contributed by atoms with van der Waals surface area (Å²) < 4.78 is 50.4. The molecule has 0 aliphatic carbocycles. The molecule has 7 rings (SSSR count). The van der Waals surface area contributed by atoms with Crippen molar-refractivity contribution in [2.24, 2.45) is 0 Å². The Morgan fingerprint density at radius 1 is 0.926 bits per heavy atom. The summed E-state index contributed by atoms with van der Waals surface area (Å²) in [6.07, 6.45) is 2.03. The lowest BCUT2D eigenvalue weighted by Gasteiger charge is -2.38. The summed E-state index contributed by atoms with van der Waals surface area (Å²) >= 11 is 0. The molecule has 13 nitrogen and oxygen atoms in total. The predicted octanol–water partition coefficient (Wildman–Crippen LogP) is 6.40. The van der Waals surface area contributed by atoms with Gasteiger partial charge in [0.05, 0.1) is 46.6 Å². The van der Waals surface area contributed by atoms with E-state index >= 15 is 0 Å². The number of unbranched alkanes of at least 4 members (excludes halogenated alkanes) is 3. The van der Waals surface area contributed by atoms with Gasteiger partial charge in [0.25, 0.3) is 5.56 Å². The van der Waals surface area contributed by atoms with Gasteiger partial charge in [0.15, 0.2) is 23.2 Å². The number of hydrogen-bond acceptors (Lipinski definition) is 10. The van der Waals surface area contributed by atoms with Crippen LogP contribution < -0.4 is 25.0 Å². The zero-order chi connectivity index (χ0) is 38.1. The van der Waals surface area contributed by atoms with Crippen molar-refractivity contribution in [2.75, 3.05) is 47.5 Å². The lowest BCUT2D eigenvalue weighted by molar-refractivity contribution is -0.136. The monoisotopic (exact) mass is 744 g/mol. The fraction of sp³-hybridized carbons (Fsp3) is 0.447. The van der Waals surface area contributed by atoms with Crippen LogP contribution in [0, 0.1) is 6.92 Å². The number of H-pyrrole nitrogens is 1. The fourth-order valence-electron chi connectivity index (χ4n) is 7.58. The molecule has 4 aromatic heterocycles. The van der Waals surface area contributed by atoms with Crippen LogP contribution in [0.15, 0.2) is 47.7 Å². The van der Waals surface area contributed by atoms with E-state index in [0.717, 1.165) is 36.9 Å². The molecule has 284 valence electrons. The minimum atomic E-state index is -4.72. The number of alkyl halides is 3. The quantitative estimate of drug-likeness (QED) is 0.143. The van der Waals surface area contributed by atoms with Gasteiger partial charge >= 0.3 is 6.18 Å². The number of nitrogens with one attached hydrogen (secondary N) is 1. The van der Waals surface area contributed by atoms with Crippen LogP contribution >= 0.6 is 0 Å². The zero-order valence-corrected chi connectivity index (χ0v) is 30.8. The maximum Gasteiger partial charge on any atom is 0.417 e. The van der Waals surface area contributed by atoms with E-state index in [0.29, 0.717) is 66.7 Å². The van der Waals surface area contributed by atoms with Crippen molar-refractivity contribution in [2.45, 2.75) is 78.6 Å². The van der Waals surface area contributed by atoms with Gasteiger partial charge in [-0.05, 0) is 64.3 Å². The average molecular weight is 745 g/mol. The predicted molar refractivity (Wildman–Crippen MR) is 200 cm³/mol. The number of rotatable bonds is 12. The van der Waals surface area contributed by atoms with E-state index in [1.807, 2.05) is 44.7 Å². The summed E-state index contributed by atoms with van der Waals surface area (Å²) in [5, 5.41) is 6.64. The van der Waals surface area contributed by atoms with Crippen LogP contribution in [-0.2, 0) is 17.5 Å². The molecule has 0 saturated carbocycles. The van der Waals surface area contributed by atoms with Crippen molar-refractivity contribution >= 4 is 34.1 Å². The summed E-state index contributed by atoms with van der Waals surface area (Å²) in [6.45, 7) is 10.1. The first-order valence-corrected chi connectivity index (χ1v) is 18.5. The van der Waals surface area contributed by atoms with Gasteiger partial charge in [-0.25, -0.2) is 19.9 Å². The molecule has 1 amide bonds. The Balaban J connectivity index is 1.04. The highest BCUT2D eigenvalue weighted by molar-refractivity contribution is 6.01. The fourth-order valence-corrected chi connectivity index (χ4v) is 7.58. The van der Waals surface area contributed by atoms with Gasteiger partial charge < -0.3 is 19.1 Å². The van der Waals surface area contributed by atoms with Crippen LogP contribution in [0.5, 0.6) is 5.75 Å². The van der Waals surface area contributed by atoms with Crippen molar-refractivity contribution in [1.29, 1.82) is 0 Å². The first-order valence-electron chi connectivity index (χ1n) is 18.5. The average Bonchev–Trinajstić information content (AvgIpc) is 3.70. The number of hydrogen-bond donors (Lipinski definition) is 1. The maximum atomic E-state index is 14.3. The largest absolute Gasteiger partial charge is 0.489 e. The second-order valence-electron chi connectivity index (χ2n) is 13.6. The van der Waals surface area contributed by atoms with Crippen molar-refractivity contribution in [3.05, 3.63) is 64.5 Å². The Kier molecular flexibility index (Phi) is 10.3. The van der Waals surface area contributed by atoms with Gasteiger partial charge in [-0.1, -0.05) is 19.8 Å². The van der Waals surface area contributed by atoms with Crippen molar-refractivity contribution in [1.82, 2.24) is 34.7 Å². The molecule has 16 heteroatoms. The number of carbonyl (C=O) groups is 1. The lowest BCUT2D eigenvalue weighted by atomic mass is 10.0. The van der Waals surface area contributed by atoms with Crippen LogP contribution in [0.4, 0.5) is 30.5 Å². The van der Waals surface area contributed by atoms with Crippen LogP contribution in [-0.4, -0.2) is 79.4 Å². The van der Waals surface area contributed by atoms with Crippen LogP contribution in [0.3, 0.4) is 0 Å². The third kappa shape index (κ3) is 6.84. The van der Waals surface area contributed by atoms with Crippen molar-refractivity contribution in [3.63, 3.8) is 0 Å². The Morgan fingerprint density at radius 2 is 1.72 bits per heavy atom. The van der Waals surface area contributed by atoms with Gasteiger partial charge in [0.1, 0.15) is 18.6 Å². The summed E-state index contributed by atoms with van der Waals surface area (Å²) in [5.74, 6) is 1.80. The molecule has 54 heavy (non-hydrogen) atoms. The minimum Gasteiger partial charge on any atom is -0.489 e. The standard InChI is InChI=1S/C38H43F3N10O3/c1-5-24-21-54-34-30(49(24)6-2)15-14-29-33(34)26(38(39,40)41)18-31(52)51(29)17-11-9-8-10-16-48-20-32(53)50(7-3)37-36(48)42-19-28(46-37)25-12-13-27(45-23(25)4)35-43-22-44-47-35/h12-15,18-19,22,24H,5-11,16-17,20-21H2,1-4H3,(H,43,44,47)/t24-/m1/s1. The molecular formula is C38H43F3N10O3. The second kappa shape index (κ2) is 15.1. The topological polar surface area (TPSA) is 138 Å². The third-order valence-corrected chi connectivity index (χ3v) is 10.3. The molecule has 0 spiro atoms. The number of anilines is 3. The molecule has 2 aliphatic rings. The van der Waals surface area contributed by atoms with Crippen molar-refractivity contribution in [3.8, 4) is 28.5 Å². The van der Waals surface area contributed by atoms with Gasteiger partial charge in [-0.15, -0.1) is 0 Å². The molecule has 2 aliphatic heterocycles. The van der Waals surface area contributed by atoms with Gasteiger partial charge in [-0.2, -0.15) is 18.3 Å². The Labute approximate surface area is 310 Å². The number of nitrogens with zero attached hydrogens (tertiary/aromatic N) is 9. The minimum absolute atomic E-state index is 0.0589. The highest BCUT2D eigenvalue weighted by Crippen LogP contribution is 2.45. The first kappa shape index (κ1) is 36.8. The number of likely N-dealkylation sites (N-methyl/N-ethyl adjacent to an activating group) is 2. The molecule has 0 radical (unpaired) electrons. The highest BCUT2D eigenvalue weighted by Gasteiger charge is 2.38. The van der Waals surface area contributed by atoms with E-state index in [4.69, 9.17) is 14.7 Å². The smallest absolute Gasteiger partial charge is 0.417 e. The normalized spacial score (nSPS) is 15.8. The van der Waals surface area contributed by atoms with E-state index < -0.39 is 17.3 Å². The molecule has 5 aromatic rings. The maximum absolute atomic E-state index is 14.3. The number of halogens is 3. The molecule has 6 heterocycles. The number of fused-ring (bicyclic) bond motifs is 4. The second-order valence-corrected chi connectivity index (χ2v) is 13.6. The van der Waals surface area contributed by atoms with Gasteiger partial charge in [0, 0.05) is 43.5 Å². The molecule has 1 N–H and O–H groups in total. The number of aryl methyl sites for hydroxylation is 2. The molecule has 0 unspecified atom stereocenters. The van der Waals surface area contributed by atoms with Gasteiger partial charge in [-0.3, -0.25) is 19.6 Å². The number of amides is 1. The number of aromatic nitrogens is 7. The van der Waals surface area contributed by atoms with E-state index in [9.17, 15) is 22.8 Å². The SMILES string of the molecule is CC[C@@H]1COc2c(ccc3c2c(C(F)(F)F)cc(=O)n3CCCCCCN2CC(=O)N(CC)c3nc(-c4ccc(-c5ncn[nH]5)nc4C)cnc32)N1CC. The molecule has 0 fully saturated rings. The number of ether oxygens (including phenoxy) is 1. The molecule has 1 aromatic carbocycles. The highest BCUT2D eigenvalue weighted by atomic mass is 19.4. The number of pyridine rings is 2. The zero-order valence-electron chi connectivity index (χ0n) is 30.8. The van der Waals surface area contributed by atoms with E-state index in [-0.39, 0.29) is 48.3 Å². The Morgan fingerprint density at radius 3 is 2.41 bits per heavy atom. The summed E-state index contributed by atoms with van der Waals surface area (Å²) in [7, 11) is 0. The Bertz CT molecular complexity index is 2220. The number of aromatic amines is 1. The Hall–Kier alpha value is -5.54. The number of carbonyl (C=O) groups excluding carboxylic acids is 1. The summed E-state index contributed by atoms with van der Waals surface area (Å²) in [5.41, 5.74) is 1.94. The molecule has 1 atom stereocenters. The summed E-state index contributed by atoms with van der Waals surface area (Å²) in [6, 6.07) is 7.89. The van der Waals surface area contributed by atoms with Gasteiger partial charge in [0.2, 0.25) is 5.91 Å². The van der Waals surface area contributed by atoms with E-state index in [1.165, 1.54) is 10.9 Å². The first-order chi connectivity index (χ1) is 26.0. The van der Waals surface area contributed by atoms with Crippen LogP contribution in [0.1, 0.15) is 64.1 Å². The van der Waals surface area contributed by atoms with E-state index in [2.05, 4.69) is 25.1 Å². The third-order valence-electron chi connectivity index (χ3n) is 10.3. The van der Waals surface area contributed by atoms with Crippen molar-refractivity contribution < 1.29 is 22.7 Å². The molecule has 0 saturated heterocycles. The van der Waals surface area contributed by atoms with Crippen LogP contribution in [0.25, 0.3) is 33.7 Å². The molecular weight excluding hydrogens is 701 g/mol. The number of benzene rings is 1. The lowest BCUT2D eigenvalue weighted by Crippen LogP contribution is -2.47. The van der Waals surface area contributed by atoms with E-state index in [1.54, 1.807) is 23.2 Å². The summed E-state index contributed by atoms with van der Waals surface area (Å²) in [4.78, 5) is 50.5. The molecule has 0 bridgehead atoms.